The zero-order chi connectivity index (χ0) is 53.3. The molecule has 0 amide bonds. The second-order valence-corrected chi connectivity index (χ2v) is 19.3. The minimum absolute atomic E-state index is 0. The van der Waals surface area contributed by atoms with E-state index in [1.54, 1.807) is 18.3 Å². The fourth-order valence-corrected chi connectivity index (χ4v) is 9.30. The molecule has 1 N–H and O–H groups in total. The molecule has 342 valence electrons. The molecule has 0 bridgehead atoms. The van der Waals surface area contributed by atoms with Gasteiger partial charge in [0.2, 0.25) is 0 Å². The summed E-state index contributed by atoms with van der Waals surface area (Å²) in [4.78, 5) is 10.1. The first kappa shape index (κ1) is 38.5. The summed E-state index contributed by atoms with van der Waals surface area (Å²) in [5.41, 5.74) is 11.3. The predicted molar refractivity (Wildman–Crippen MR) is 275 cm³/mol. The summed E-state index contributed by atoms with van der Waals surface area (Å²) in [6, 6.07) is 31.2. The molecule has 0 spiro atoms. The van der Waals surface area contributed by atoms with Crippen LogP contribution in [0, 0.1) is 26.8 Å². The molecule has 0 aliphatic carbocycles. The Morgan fingerprint density at radius 3 is 1.97 bits per heavy atom. The van der Waals surface area contributed by atoms with E-state index in [-0.39, 0.29) is 66.3 Å². The molecule has 0 aliphatic heterocycles. The average Bonchev–Trinajstić information content (AvgIpc) is 3.76. The smallest absolute Gasteiger partial charge is 0.148 e. The molecule has 4 nitrogen and oxygen atoms in total. The number of aromatic nitrogens is 3. The van der Waals surface area contributed by atoms with Gasteiger partial charge in [0.25, 0.3) is 0 Å². The molecule has 2 heterocycles. The molecule has 0 saturated carbocycles. The summed E-state index contributed by atoms with van der Waals surface area (Å²) in [5, 5.41) is 11.9. The number of rotatable bonds is 12. The van der Waals surface area contributed by atoms with Crippen LogP contribution >= 0.6 is 0 Å². The largest absolute Gasteiger partial charge is 0.507 e. The van der Waals surface area contributed by atoms with E-state index in [2.05, 4.69) is 98.7 Å². The number of hydrogen-bond acceptors (Lipinski definition) is 3. The number of pyridine rings is 1. The van der Waals surface area contributed by atoms with Crippen LogP contribution in [-0.2, 0) is 37.3 Å². The minimum atomic E-state index is -2.57. The standard InChI is InChI=1S/C61H66N3O.Pt/c1-13-60(11,14-2)50-25-21-26-51(61(12,15-3)16-4)55(50)44-28-29-53(40(6)34-44)64-54-27-20-24-48(56(54)63-58(64)49-33-39(5)32-41(7)57(49)65)45-35-46(37-47(36-45)59(8,9)10)52-38-43(30-31-62-52)42-22-18-17-19-23-42;/h17-34,36-38,65H,13-16H2,1-12H3;/q-1;/i6D3,17D,18D,19D,22D,23D;. The van der Waals surface area contributed by atoms with Gasteiger partial charge >= 0.3 is 0 Å². The van der Waals surface area contributed by atoms with Gasteiger partial charge in [-0.1, -0.05) is 152 Å². The number of hydrogen-bond donors (Lipinski definition) is 1. The van der Waals surface area contributed by atoms with Gasteiger partial charge in [-0.05, 0) is 143 Å². The van der Waals surface area contributed by atoms with Crippen molar-refractivity contribution < 1.29 is 37.1 Å². The van der Waals surface area contributed by atoms with Gasteiger partial charge < -0.3 is 5.11 Å². The van der Waals surface area contributed by atoms with Crippen LogP contribution in [-0.4, -0.2) is 19.6 Å². The van der Waals surface area contributed by atoms with E-state index in [0.717, 1.165) is 47.9 Å². The Kier molecular flexibility index (Phi) is 11.1. The van der Waals surface area contributed by atoms with Gasteiger partial charge in [0, 0.05) is 37.1 Å². The normalized spacial score (nSPS) is 14.0. The van der Waals surface area contributed by atoms with Crippen molar-refractivity contribution in [3.05, 3.63) is 167 Å². The molecule has 0 unspecified atom stereocenters. The van der Waals surface area contributed by atoms with Crippen LogP contribution in [0.25, 0.3) is 72.7 Å². The first-order valence-corrected chi connectivity index (χ1v) is 23.1. The van der Waals surface area contributed by atoms with Crippen molar-refractivity contribution in [1.29, 1.82) is 0 Å². The van der Waals surface area contributed by atoms with Crippen LogP contribution in [0.3, 0.4) is 0 Å². The Morgan fingerprint density at radius 2 is 1.33 bits per heavy atom. The average molecular weight is 1060 g/mol. The van der Waals surface area contributed by atoms with Crippen molar-refractivity contribution in [2.45, 2.75) is 125 Å². The summed E-state index contributed by atoms with van der Waals surface area (Å²) in [7, 11) is 0. The van der Waals surface area contributed by atoms with E-state index >= 15 is 0 Å². The van der Waals surface area contributed by atoms with Crippen molar-refractivity contribution in [3.63, 3.8) is 0 Å². The molecular weight excluding hydrogens is 986 g/mol. The molecule has 66 heavy (non-hydrogen) atoms. The molecule has 0 aliphatic rings. The molecule has 0 atom stereocenters. The van der Waals surface area contributed by atoms with Crippen LogP contribution < -0.4 is 0 Å². The van der Waals surface area contributed by atoms with E-state index in [9.17, 15) is 9.22 Å². The fourth-order valence-electron chi connectivity index (χ4n) is 9.30. The Labute approximate surface area is 420 Å². The van der Waals surface area contributed by atoms with Crippen molar-refractivity contribution in [3.8, 4) is 67.5 Å². The Hall–Kier alpha value is -5.57. The third-order valence-electron chi connectivity index (χ3n) is 14.2. The molecule has 2 aromatic heterocycles. The summed E-state index contributed by atoms with van der Waals surface area (Å²) < 4.78 is 71.9. The van der Waals surface area contributed by atoms with Gasteiger partial charge in [-0.3, -0.25) is 9.55 Å². The second kappa shape index (κ2) is 19.0. The quantitative estimate of drug-likeness (QED) is 0.124. The zero-order valence-electron chi connectivity index (χ0n) is 48.2. The van der Waals surface area contributed by atoms with Crippen molar-refractivity contribution in [2.24, 2.45) is 0 Å². The summed E-state index contributed by atoms with van der Waals surface area (Å²) in [5.74, 6) is 0.417. The number of phenols is 1. The zero-order valence-corrected chi connectivity index (χ0v) is 42.4. The van der Waals surface area contributed by atoms with Gasteiger partial charge in [-0.25, -0.2) is 4.98 Å². The third kappa shape index (κ3) is 8.87. The maximum Gasteiger partial charge on any atom is 0.148 e. The summed E-state index contributed by atoms with van der Waals surface area (Å²) in [6.07, 6.45) is 5.21. The van der Waals surface area contributed by atoms with Crippen LogP contribution in [0.4, 0.5) is 0 Å². The van der Waals surface area contributed by atoms with Gasteiger partial charge in [0.15, 0.2) is 0 Å². The monoisotopic (exact) mass is 1060 g/mol. The maximum atomic E-state index is 11.9. The maximum absolute atomic E-state index is 11.9. The van der Waals surface area contributed by atoms with Crippen LogP contribution in [0.2, 0.25) is 0 Å². The van der Waals surface area contributed by atoms with E-state index in [1.165, 1.54) is 11.1 Å². The van der Waals surface area contributed by atoms with Crippen molar-refractivity contribution in [1.82, 2.24) is 14.5 Å². The number of nitrogens with zero attached hydrogens (tertiary/aromatic N) is 3. The predicted octanol–water partition coefficient (Wildman–Crippen LogP) is 16.6. The molecule has 8 aromatic rings. The van der Waals surface area contributed by atoms with Crippen LogP contribution in [0.15, 0.2) is 127 Å². The number of aromatic hydroxyl groups is 1. The molecule has 0 saturated heterocycles. The molecule has 0 radical (unpaired) electrons. The molecule has 0 fully saturated rings. The minimum Gasteiger partial charge on any atom is -0.507 e. The summed E-state index contributed by atoms with van der Waals surface area (Å²) in [6.45, 7) is 21.1. The molecule has 6 aromatic carbocycles. The van der Waals surface area contributed by atoms with E-state index in [1.807, 2.05) is 66.9 Å². The summed E-state index contributed by atoms with van der Waals surface area (Å²) >= 11 is 0. The van der Waals surface area contributed by atoms with Crippen molar-refractivity contribution in [2.75, 3.05) is 0 Å². The Balaban J connectivity index is 0.00000800. The number of imidazole rings is 1. The first-order chi connectivity index (χ1) is 34.3. The van der Waals surface area contributed by atoms with Gasteiger partial charge in [0.1, 0.15) is 11.6 Å². The molecule has 8 rings (SSSR count). The number of aryl methyl sites for hydroxylation is 3. The van der Waals surface area contributed by atoms with Gasteiger partial charge in [-0.15, -0.1) is 29.3 Å². The molecule has 5 heteroatoms. The fraction of sp³-hybridized carbons (Fsp3) is 0.311. The SMILES string of the molecule is [2H]c1c([2H])c([2H])c(-c2ccnc(-c3[c-]c(-c4cccc5c4nc(-c4cc(C)cc(C)c4O)n5-c4ccc(-c5c(C(C)(CC)CC)cccc5C(C)(CC)CC)cc4C([2H])([2H])[2H])cc(C(C)(C)C)c3)c2)c([2H])c1[2H].[Pt]. The van der Waals surface area contributed by atoms with Crippen LogP contribution in [0.1, 0.15) is 132 Å². The number of phenolic OH excluding ortho intramolecular Hbond substituents is 1. The van der Waals surface area contributed by atoms with E-state index in [4.69, 9.17) is 16.8 Å². The van der Waals surface area contributed by atoms with Gasteiger partial charge in [0.05, 0.1) is 29.1 Å². The van der Waals surface area contributed by atoms with Crippen LogP contribution in [0.5, 0.6) is 5.75 Å². The first-order valence-electron chi connectivity index (χ1n) is 27.1. The van der Waals surface area contributed by atoms with Gasteiger partial charge in [-0.2, -0.15) is 0 Å². The van der Waals surface area contributed by atoms with E-state index in [0.29, 0.717) is 61.6 Å². The topological polar surface area (TPSA) is 50.9 Å². The third-order valence-corrected chi connectivity index (χ3v) is 14.2. The Morgan fingerprint density at radius 1 is 0.682 bits per heavy atom. The molecular formula is C61H66N3OPt-. The Bertz CT molecular complexity index is 3390. The second-order valence-electron chi connectivity index (χ2n) is 19.3. The van der Waals surface area contributed by atoms with E-state index < -0.39 is 25.0 Å². The number of fused-ring (bicyclic) bond motifs is 1. The number of para-hydroxylation sites is 1. The van der Waals surface area contributed by atoms with Crippen molar-refractivity contribution >= 4 is 11.0 Å². The number of benzene rings is 6.